The Morgan fingerprint density at radius 1 is 1.31 bits per heavy atom. The molecule has 2 heterocycles. The van der Waals surface area contributed by atoms with E-state index in [4.69, 9.17) is 4.74 Å². The zero-order chi connectivity index (χ0) is 18.4. The van der Waals surface area contributed by atoms with Crippen molar-refractivity contribution in [2.45, 2.75) is 25.5 Å². The third-order valence-corrected chi connectivity index (χ3v) is 4.50. The molecule has 2 aromatic rings. The minimum Gasteiger partial charge on any atom is -0.491 e. The highest BCUT2D eigenvalue weighted by Crippen LogP contribution is 2.25. The van der Waals surface area contributed by atoms with Gasteiger partial charge >= 0.3 is 0 Å². The summed E-state index contributed by atoms with van der Waals surface area (Å²) in [6.07, 6.45) is 2.25. The second-order valence-electron chi connectivity index (χ2n) is 6.70. The van der Waals surface area contributed by atoms with Gasteiger partial charge in [0.2, 0.25) is 0 Å². The first kappa shape index (κ1) is 18.5. The molecule has 2 N–H and O–H groups in total. The Bertz CT molecular complexity index is 713. The number of aliphatic hydroxyl groups is 1. The van der Waals surface area contributed by atoms with Crippen LogP contribution >= 0.6 is 0 Å². The van der Waals surface area contributed by atoms with E-state index in [2.05, 4.69) is 20.2 Å². The van der Waals surface area contributed by atoms with Gasteiger partial charge in [-0.1, -0.05) is 12.1 Å². The Kier molecular flexibility index (Phi) is 6.00. The van der Waals surface area contributed by atoms with Crippen LogP contribution in [-0.4, -0.2) is 53.6 Å². The first-order valence-corrected chi connectivity index (χ1v) is 8.82. The molecule has 7 heteroatoms. The minimum absolute atomic E-state index is 0.0764. The van der Waals surface area contributed by atoms with E-state index in [-0.39, 0.29) is 6.61 Å². The van der Waals surface area contributed by atoms with Crippen LogP contribution in [0.2, 0.25) is 0 Å². The molecule has 0 spiro atoms. The molecular formula is C19H25FN4O2. The van der Waals surface area contributed by atoms with Gasteiger partial charge < -0.3 is 20.1 Å². The summed E-state index contributed by atoms with van der Waals surface area (Å²) >= 11 is 0. The van der Waals surface area contributed by atoms with Gasteiger partial charge in [0.25, 0.3) is 0 Å². The third kappa shape index (κ3) is 4.89. The molecule has 1 aromatic carbocycles. The highest BCUT2D eigenvalue weighted by atomic mass is 19.1. The van der Waals surface area contributed by atoms with Gasteiger partial charge in [0, 0.05) is 37.9 Å². The number of ether oxygens (including phenoxy) is 1. The fourth-order valence-electron chi connectivity index (χ4n) is 3.11. The summed E-state index contributed by atoms with van der Waals surface area (Å²) in [5.74, 6) is 1.52. The lowest BCUT2D eigenvalue weighted by atomic mass is 10.0. The number of alkyl halides is 1. The average Bonchev–Trinajstić information content (AvgIpc) is 3.03. The molecular weight excluding hydrogens is 335 g/mol. The van der Waals surface area contributed by atoms with Gasteiger partial charge in [-0.25, -0.2) is 14.4 Å². The zero-order valence-electron chi connectivity index (χ0n) is 15.0. The molecule has 1 unspecified atom stereocenters. The van der Waals surface area contributed by atoms with Gasteiger partial charge in [0.05, 0.1) is 5.60 Å². The van der Waals surface area contributed by atoms with Crippen molar-refractivity contribution in [2.24, 2.45) is 0 Å². The molecule has 3 rings (SSSR count). The number of nitrogens with one attached hydrogen (secondary N) is 1. The summed E-state index contributed by atoms with van der Waals surface area (Å²) in [5.41, 5.74) is 1.23. The van der Waals surface area contributed by atoms with E-state index in [1.54, 1.807) is 6.33 Å². The van der Waals surface area contributed by atoms with Crippen LogP contribution in [0.15, 0.2) is 36.7 Å². The van der Waals surface area contributed by atoms with Crippen LogP contribution in [0.1, 0.15) is 17.7 Å². The summed E-state index contributed by atoms with van der Waals surface area (Å²) in [6.45, 7) is 4.00. The van der Waals surface area contributed by atoms with E-state index in [1.807, 2.05) is 37.3 Å². The Hall–Kier alpha value is -2.25. The van der Waals surface area contributed by atoms with Crippen LogP contribution in [0.5, 0.6) is 5.75 Å². The van der Waals surface area contributed by atoms with Crippen LogP contribution < -0.4 is 15.0 Å². The Morgan fingerprint density at radius 2 is 2.12 bits per heavy atom. The molecule has 6 nitrogen and oxygen atoms in total. The molecule has 0 aliphatic carbocycles. The number of aryl methyl sites for hydroxylation is 1. The molecule has 1 aromatic heterocycles. The third-order valence-electron chi connectivity index (χ3n) is 4.50. The fourth-order valence-corrected chi connectivity index (χ4v) is 3.11. The standard InChI is InChI=1S/C19H25FN4O2/c1-15-10-18(23-14-22-15)24-8-6-19(25,13-24)12-21-11-16-2-4-17(5-3-16)26-9-7-20/h2-5,10,14,21,25H,6-9,11-13H2,1H3. The van der Waals surface area contributed by atoms with Crippen molar-refractivity contribution < 1.29 is 14.2 Å². The van der Waals surface area contributed by atoms with Crippen molar-refractivity contribution >= 4 is 5.82 Å². The lowest BCUT2D eigenvalue weighted by Gasteiger charge is -2.24. The second kappa shape index (κ2) is 8.42. The number of aromatic nitrogens is 2. The predicted octanol–water partition coefficient (Wildman–Crippen LogP) is 1.86. The van der Waals surface area contributed by atoms with Crippen molar-refractivity contribution in [3.8, 4) is 5.75 Å². The van der Waals surface area contributed by atoms with Crippen molar-refractivity contribution in [3.05, 3.63) is 47.9 Å². The van der Waals surface area contributed by atoms with Gasteiger partial charge in [-0.3, -0.25) is 0 Å². The predicted molar refractivity (Wildman–Crippen MR) is 98.2 cm³/mol. The number of benzene rings is 1. The van der Waals surface area contributed by atoms with Gasteiger partial charge in [-0.15, -0.1) is 0 Å². The molecule has 1 saturated heterocycles. The highest BCUT2D eigenvalue weighted by Gasteiger charge is 2.36. The van der Waals surface area contributed by atoms with E-state index < -0.39 is 12.3 Å². The Balaban J connectivity index is 1.47. The summed E-state index contributed by atoms with van der Waals surface area (Å²) in [6, 6.07) is 9.47. The molecule has 0 bridgehead atoms. The van der Waals surface area contributed by atoms with Crippen LogP contribution in [0.4, 0.5) is 10.2 Å². The molecule has 1 aliphatic heterocycles. The second-order valence-corrected chi connectivity index (χ2v) is 6.70. The van der Waals surface area contributed by atoms with Crippen molar-refractivity contribution in [1.29, 1.82) is 0 Å². The van der Waals surface area contributed by atoms with E-state index in [0.717, 1.165) is 23.6 Å². The number of nitrogens with zero attached hydrogens (tertiary/aromatic N) is 3. The van der Waals surface area contributed by atoms with E-state index in [9.17, 15) is 9.50 Å². The fraction of sp³-hybridized carbons (Fsp3) is 0.474. The number of β-amino-alcohol motifs (C(OH)–C–C–N with tert-alkyl or cyclic N) is 1. The molecule has 1 aliphatic rings. The highest BCUT2D eigenvalue weighted by molar-refractivity contribution is 5.41. The van der Waals surface area contributed by atoms with Crippen LogP contribution in [0.25, 0.3) is 0 Å². The smallest absolute Gasteiger partial charge is 0.132 e. The monoisotopic (exact) mass is 360 g/mol. The molecule has 0 amide bonds. The molecule has 0 saturated carbocycles. The molecule has 140 valence electrons. The largest absolute Gasteiger partial charge is 0.491 e. The summed E-state index contributed by atoms with van der Waals surface area (Å²) in [5, 5.41) is 14.1. The van der Waals surface area contributed by atoms with Crippen LogP contribution in [0.3, 0.4) is 0 Å². The number of hydrogen-bond acceptors (Lipinski definition) is 6. The molecule has 1 fully saturated rings. The van der Waals surface area contributed by atoms with Crippen molar-refractivity contribution in [3.63, 3.8) is 0 Å². The first-order chi connectivity index (χ1) is 12.6. The maximum absolute atomic E-state index is 12.1. The summed E-state index contributed by atoms with van der Waals surface area (Å²) in [7, 11) is 0. The van der Waals surface area contributed by atoms with Crippen molar-refractivity contribution in [2.75, 3.05) is 37.8 Å². The normalized spacial score (nSPS) is 19.7. The number of anilines is 1. The molecule has 1 atom stereocenters. The lowest BCUT2D eigenvalue weighted by molar-refractivity contribution is 0.0626. The van der Waals surface area contributed by atoms with Gasteiger partial charge in [-0.05, 0) is 31.0 Å². The number of halogens is 1. The van der Waals surface area contributed by atoms with Gasteiger partial charge in [0.15, 0.2) is 0 Å². The van der Waals surface area contributed by atoms with Crippen molar-refractivity contribution in [1.82, 2.24) is 15.3 Å². The lowest BCUT2D eigenvalue weighted by Crippen LogP contribution is -2.43. The van der Waals surface area contributed by atoms with E-state index in [0.29, 0.717) is 31.8 Å². The Morgan fingerprint density at radius 3 is 2.85 bits per heavy atom. The quantitative estimate of drug-likeness (QED) is 0.749. The maximum atomic E-state index is 12.1. The number of hydrogen-bond donors (Lipinski definition) is 2. The topological polar surface area (TPSA) is 70.5 Å². The SMILES string of the molecule is Cc1cc(N2CCC(O)(CNCc3ccc(OCCF)cc3)C2)ncn1. The van der Waals surface area contributed by atoms with E-state index >= 15 is 0 Å². The first-order valence-electron chi connectivity index (χ1n) is 8.82. The van der Waals surface area contributed by atoms with Crippen LogP contribution in [-0.2, 0) is 6.54 Å². The van der Waals surface area contributed by atoms with Crippen LogP contribution in [0, 0.1) is 6.92 Å². The summed E-state index contributed by atoms with van der Waals surface area (Å²) < 4.78 is 17.3. The summed E-state index contributed by atoms with van der Waals surface area (Å²) in [4.78, 5) is 10.5. The van der Waals surface area contributed by atoms with E-state index in [1.165, 1.54) is 0 Å². The minimum atomic E-state index is -0.775. The van der Waals surface area contributed by atoms with Gasteiger partial charge in [-0.2, -0.15) is 0 Å². The molecule has 0 radical (unpaired) electrons. The average molecular weight is 360 g/mol. The van der Waals surface area contributed by atoms with Gasteiger partial charge in [0.1, 0.15) is 31.2 Å². The molecule has 26 heavy (non-hydrogen) atoms. The maximum Gasteiger partial charge on any atom is 0.132 e. The number of rotatable bonds is 8. The zero-order valence-corrected chi connectivity index (χ0v) is 15.0. The Labute approximate surface area is 153 Å².